The van der Waals surface area contributed by atoms with Crippen molar-refractivity contribution in [3.63, 3.8) is 0 Å². The van der Waals surface area contributed by atoms with Crippen molar-refractivity contribution in [1.29, 1.82) is 0 Å². The van der Waals surface area contributed by atoms with Crippen molar-refractivity contribution < 1.29 is 9.13 Å². The molecule has 0 radical (unpaired) electrons. The van der Waals surface area contributed by atoms with Crippen LogP contribution in [0.2, 0.25) is 10.0 Å². The van der Waals surface area contributed by atoms with E-state index in [-0.39, 0.29) is 12.4 Å². The SMILES string of the molecule is NCc1cc(F)ccc1Oc1cccc(Cl)c1Cl. The largest absolute Gasteiger partial charge is 0.455 e. The molecule has 2 nitrogen and oxygen atoms in total. The molecule has 0 amide bonds. The highest BCUT2D eigenvalue weighted by molar-refractivity contribution is 6.42. The standard InChI is InChI=1S/C13H10Cl2FNO/c14-10-2-1-3-12(13(10)15)18-11-5-4-9(16)6-8(11)7-17/h1-6H,7,17H2. The monoisotopic (exact) mass is 285 g/mol. The van der Waals surface area contributed by atoms with Gasteiger partial charge in [-0.3, -0.25) is 0 Å². The Bertz CT molecular complexity index is 575. The summed E-state index contributed by atoms with van der Waals surface area (Å²) in [5.41, 5.74) is 6.10. The number of ether oxygens (including phenoxy) is 1. The Balaban J connectivity index is 2.37. The Morgan fingerprint density at radius 2 is 1.89 bits per heavy atom. The topological polar surface area (TPSA) is 35.2 Å². The summed E-state index contributed by atoms with van der Waals surface area (Å²) in [4.78, 5) is 0. The van der Waals surface area contributed by atoms with Gasteiger partial charge in [-0.1, -0.05) is 29.3 Å². The van der Waals surface area contributed by atoms with Gasteiger partial charge in [0.1, 0.15) is 22.3 Å². The quantitative estimate of drug-likeness (QED) is 0.908. The summed E-state index contributed by atoms with van der Waals surface area (Å²) in [7, 11) is 0. The average Bonchev–Trinajstić information content (AvgIpc) is 2.37. The van der Waals surface area contributed by atoms with Crippen LogP contribution in [-0.2, 0) is 6.54 Å². The molecule has 5 heteroatoms. The first-order chi connectivity index (χ1) is 8.61. The number of hydrogen-bond donors (Lipinski definition) is 1. The minimum absolute atomic E-state index is 0.172. The van der Waals surface area contributed by atoms with E-state index >= 15 is 0 Å². The summed E-state index contributed by atoms with van der Waals surface area (Å²) in [5, 5.41) is 0.706. The fourth-order valence-electron chi connectivity index (χ4n) is 1.49. The molecule has 2 aromatic rings. The maximum Gasteiger partial charge on any atom is 0.147 e. The number of rotatable bonds is 3. The highest BCUT2D eigenvalue weighted by atomic mass is 35.5. The van der Waals surface area contributed by atoms with Crippen LogP contribution in [0.25, 0.3) is 0 Å². The van der Waals surface area contributed by atoms with Gasteiger partial charge in [0.05, 0.1) is 5.02 Å². The summed E-state index contributed by atoms with van der Waals surface area (Å²) in [6.07, 6.45) is 0. The molecular weight excluding hydrogens is 276 g/mol. The van der Waals surface area contributed by atoms with Gasteiger partial charge in [0.15, 0.2) is 0 Å². The Hall–Kier alpha value is -1.29. The summed E-state index contributed by atoms with van der Waals surface area (Å²) in [6, 6.07) is 9.19. The molecule has 18 heavy (non-hydrogen) atoms. The van der Waals surface area contributed by atoms with Gasteiger partial charge < -0.3 is 10.5 Å². The van der Waals surface area contributed by atoms with Crippen LogP contribution in [0.5, 0.6) is 11.5 Å². The highest BCUT2D eigenvalue weighted by Gasteiger charge is 2.09. The van der Waals surface area contributed by atoms with Crippen LogP contribution < -0.4 is 10.5 Å². The average molecular weight is 286 g/mol. The van der Waals surface area contributed by atoms with Gasteiger partial charge in [-0.25, -0.2) is 4.39 Å². The van der Waals surface area contributed by atoms with Gasteiger partial charge >= 0.3 is 0 Å². The molecule has 2 aromatic carbocycles. The fraction of sp³-hybridized carbons (Fsp3) is 0.0769. The molecule has 0 atom stereocenters. The van der Waals surface area contributed by atoms with Gasteiger partial charge in [0.25, 0.3) is 0 Å². The van der Waals surface area contributed by atoms with Crippen LogP contribution in [0.3, 0.4) is 0 Å². The van der Waals surface area contributed by atoms with Crippen molar-refractivity contribution in [2.45, 2.75) is 6.54 Å². The van der Waals surface area contributed by atoms with E-state index in [9.17, 15) is 4.39 Å². The predicted molar refractivity (Wildman–Crippen MR) is 70.8 cm³/mol. The molecule has 0 aliphatic carbocycles. The van der Waals surface area contributed by atoms with Crippen molar-refractivity contribution in [1.82, 2.24) is 0 Å². The Labute approximate surface area is 114 Å². The molecule has 0 spiro atoms. The van der Waals surface area contributed by atoms with Gasteiger partial charge in [-0.2, -0.15) is 0 Å². The third kappa shape index (κ3) is 2.75. The molecule has 2 N–H and O–H groups in total. The number of nitrogens with two attached hydrogens (primary N) is 1. The lowest BCUT2D eigenvalue weighted by atomic mass is 10.2. The van der Waals surface area contributed by atoms with E-state index in [0.717, 1.165) is 0 Å². The smallest absolute Gasteiger partial charge is 0.147 e. The number of benzene rings is 2. The summed E-state index contributed by atoms with van der Waals surface area (Å²) < 4.78 is 18.7. The van der Waals surface area contributed by atoms with Gasteiger partial charge in [0, 0.05) is 12.1 Å². The maximum absolute atomic E-state index is 13.1. The van der Waals surface area contributed by atoms with E-state index in [1.807, 2.05) is 0 Å². The van der Waals surface area contributed by atoms with Crippen LogP contribution in [0.4, 0.5) is 4.39 Å². The number of halogens is 3. The molecule has 2 rings (SSSR count). The molecule has 0 aliphatic rings. The first-order valence-corrected chi connectivity index (χ1v) is 5.97. The Kier molecular flexibility index (Phi) is 4.07. The molecule has 0 heterocycles. The van der Waals surface area contributed by atoms with Crippen molar-refractivity contribution in [3.8, 4) is 11.5 Å². The first-order valence-electron chi connectivity index (χ1n) is 5.22. The van der Waals surface area contributed by atoms with Crippen molar-refractivity contribution in [3.05, 3.63) is 57.8 Å². The number of hydrogen-bond acceptors (Lipinski definition) is 2. The summed E-state index contributed by atoms with van der Waals surface area (Å²) >= 11 is 11.9. The second-order valence-corrected chi connectivity index (χ2v) is 4.40. The molecule has 0 aromatic heterocycles. The molecule has 0 fully saturated rings. The first kappa shape index (κ1) is 13.1. The van der Waals surface area contributed by atoms with Crippen LogP contribution in [0, 0.1) is 5.82 Å². The second-order valence-electron chi connectivity index (χ2n) is 3.61. The maximum atomic E-state index is 13.1. The zero-order valence-electron chi connectivity index (χ0n) is 9.29. The lowest BCUT2D eigenvalue weighted by Crippen LogP contribution is -2.00. The zero-order chi connectivity index (χ0) is 13.1. The fourth-order valence-corrected chi connectivity index (χ4v) is 1.82. The van der Waals surface area contributed by atoms with Gasteiger partial charge in [-0.05, 0) is 30.3 Å². The minimum Gasteiger partial charge on any atom is -0.455 e. The Morgan fingerprint density at radius 1 is 1.11 bits per heavy atom. The highest BCUT2D eigenvalue weighted by Crippen LogP contribution is 2.35. The normalized spacial score (nSPS) is 10.4. The van der Waals surface area contributed by atoms with Crippen LogP contribution in [0.15, 0.2) is 36.4 Å². The lowest BCUT2D eigenvalue weighted by molar-refractivity contribution is 0.474. The van der Waals surface area contributed by atoms with Crippen molar-refractivity contribution in [2.75, 3.05) is 0 Å². The zero-order valence-corrected chi connectivity index (χ0v) is 10.8. The van der Waals surface area contributed by atoms with E-state index in [1.165, 1.54) is 18.2 Å². The van der Waals surface area contributed by atoms with Crippen molar-refractivity contribution in [2.24, 2.45) is 5.73 Å². The molecule has 94 valence electrons. The van der Waals surface area contributed by atoms with Crippen LogP contribution in [-0.4, -0.2) is 0 Å². The second kappa shape index (κ2) is 5.57. The molecule has 0 bridgehead atoms. The predicted octanol–water partition coefficient (Wildman–Crippen LogP) is 4.38. The Morgan fingerprint density at radius 3 is 2.61 bits per heavy atom. The van der Waals surface area contributed by atoms with E-state index in [2.05, 4.69) is 0 Å². The van der Waals surface area contributed by atoms with E-state index < -0.39 is 0 Å². The molecule has 0 saturated carbocycles. The lowest BCUT2D eigenvalue weighted by Gasteiger charge is -2.11. The van der Waals surface area contributed by atoms with Crippen LogP contribution >= 0.6 is 23.2 Å². The molecule has 0 saturated heterocycles. The molecular formula is C13H10Cl2FNO. The summed E-state index contributed by atoms with van der Waals surface area (Å²) in [5.74, 6) is 0.508. The van der Waals surface area contributed by atoms with Crippen molar-refractivity contribution >= 4 is 23.2 Å². The van der Waals surface area contributed by atoms with Gasteiger partial charge in [0.2, 0.25) is 0 Å². The van der Waals surface area contributed by atoms with E-state index in [0.29, 0.717) is 27.1 Å². The third-order valence-electron chi connectivity index (χ3n) is 2.38. The van der Waals surface area contributed by atoms with E-state index in [4.69, 9.17) is 33.7 Å². The molecule has 0 aliphatic heterocycles. The molecule has 0 unspecified atom stereocenters. The third-order valence-corrected chi connectivity index (χ3v) is 3.18. The summed E-state index contributed by atoms with van der Waals surface area (Å²) in [6.45, 7) is 0.172. The van der Waals surface area contributed by atoms with Crippen LogP contribution in [0.1, 0.15) is 5.56 Å². The van der Waals surface area contributed by atoms with Gasteiger partial charge in [-0.15, -0.1) is 0 Å². The van der Waals surface area contributed by atoms with E-state index in [1.54, 1.807) is 18.2 Å². The minimum atomic E-state index is -0.361.